The Morgan fingerprint density at radius 2 is 1.62 bits per heavy atom. The first-order valence-electron chi connectivity index (χ1n) is 7.42. The third-order valence-electron chi connectivity index (χ3n) is 3.43. The zero-order valence-electron chi connectivity index (χ0n) is 12.9. The van der Waals surface area contributed by atoms with Crippen LogP contribution in [0.15, 0.2) is 77.9 Å². The van der Waals surface area contributed by atoms with Crippen LogP contribution in [0.4, 0.5) is 11.4 Å². The highest BCUT2D eigenvalue weighted by Gasteiger charge is 2.39. The zero-order valence-corrected chi connectivity index (χ0v) is 12.9. The number of nitrogens with one attached hydrogen (secondary N) is 4. The van der Waals surface area contributed by atoms with Gasteiger partial charge in [0.05, 0.1) is 0 Å². The fourth-order valence-electron chi connectivity index (χ4n) is 2.30. The molecule has 0 saturated carbocycles. The molecular weight excluding hydrogens is 304 g/mol. The van der Waals surface area contributed by atoms with Crippen molar-refractivity contribution in [3.05, 3.63) is 72.9 Å². The van der Waals surface area contributed by atoms with Crippen LogP contribution in [0, 0.1) is 0 Å². The standard InChI is InChI=1S/C17H18N6O/c18-23-16(24)17(21-14-9-5-2-6-10-14)19-12-11-15(22-17)20-13-7-3-1-4-8-13/h1-12,19,21H,18H2,(H,20,22)(H,23,24). The molecule has 7 nitrogen and oxygen atoms in total. The average Bonchev–Trinajstić information content (AvgIpc) is 2.63. The second-order valence-corrected chi connectivity index (χ2v) is 5.14. The van der Waals surface area contributed by atoms with E-state index in [-0.39, 0.29) is 0 Å². The molecule has 0 fully saturated rings. The molecule has 2 aromatic rings. The fraction of sp³-hybridized carbons (Fsp3) is 0.0588. The summed E-state index contributed by atoms with van der Waals surface area (Å²) in [4.78, 5) is 16.8. The van der Waals surface area contributed by atoms with Crippen LogP contribution in [0.2, 0.25) is 0 Å². The summed E-state index contributed by atoms with van der Waals surface area (Å²) in [6.07, 6.45) is 3.38. The molecule has 1 amide bonds. The molecule has 122 valence electrons. The Morgan fingerprint density at radius 1 is 1.00 bits per heavy atom. The van der Waals surface area contributed by atoms with Crippen molar-refractivity contribution in [1.29, 1.82) is 0 Å². The normalized spacial score (nSPS) is 19.0. The average molecular weight is 322 g/mol. The Hall–Kier alpha value is -3.32. The highest BCUT2D eigenvalue weighted by Crippen LogP contribution is 2.18. The Labute approximate surface area is 139 Å². The molecule has 1 aliphatic rings. The number of nitrogens with two attached hydrogens (primary N) is 1. The molecule has 1 heterocycles. The minimum atomic E-state index is -1.44. The quantitative estimate of drug-likeness (QED) is 0.332. The predicted molar refractivity (Wildman–Crippen MR) is 94.9 cm³/mol. The Balaban J connectivity index is 1.90. The van der Waals surface area contributed by atoms with Gasteiger partial charge in [0.1, 0.15) is 5.84 Å². The number of nitrogens with zero attached hydrogens (tertiary/aromatic N) is 1. The number of para-hydroxylation sites is 2. The van der Waals surface area contributed by atoms with Crippen LogP contribution in [0.5, 0.6) is 0 Å². The first-order chi connectivity index (χ1) is 11.7. The molecule has 0 spiro atoms. The number of amidine groups is 1. The van der Waals surface area contributed by atoms with Crippen molar-refractivity contribution in [2.75, 3.05) is 10.6 Å². The number of rotatable bonds is 4. The first-order valence-corrected chi connectivity index (χ1v) is 7.42. The maximum absolute atomic E-state index is 12.4. The summed E-state index contributed by atoms with van der Waals surface area (Å²) in [5.74, 6) is 3.91. The minimum absolute atomic E-state index is 0.511. The number of aliphatic imine (C=N–C) groups is 1. The first kappa shape index (κ1) is 15.6. The zero-order chi connectivity index (χ0) is 16.8. The maximum Gasteiger partial charge on any atom is 0.304 e. The molecule has 24 heavy (non-hydrogen) atoms. The highest BCUT2D eigenvalue weighted by molar-refractivity contribution is 6.06. The van der Waals surface area contributed by atoms with Gasteiger partial charge in [0.15, 0.2) is 0 Å². The van der Waals surface area contributed by atoms with Crippen LogP contribution in [0.1, 0.15) is 0 Å². The summed E-state index contributed by atoms with van der Waals surface area (Å²) in [7, 11) is 0. The van der Waals surface area contributed by atoms with Crippen LogP contribution in [-0.4, -0.2) is 17.5 Å². The Kier molecular flexibility index (Phi) is 4.44. The molecule has 2 aromatic carbocycles. The topological polar surface area (TPSA) is 104 Å². The molecule has 7 heteroatoms. The second-order valence-electron chi connectivity index (χ2n) is 5.14. The van der Waals surface area contributed by atoms with Gasteiger partial charge >= 0.3 is 5.91 Å². The summed E-state index contributed by atoms with van der Waals surface area (Å²) in [5.41, 5.74) is 3.74. The number of carbonyl (C=O) groups is 1. The van der Waals surface area contributed by atoms with E-state index in [9.17, 15) is 4.79 Å². The SMILES string of the molecule is NNC(=O)C1(Nc2ccccc2)N=C(Nc2ccccc2)C=CN1. The predicted octanol–water partition coefficient (Wildman–Crippen LogP) is 1.37. The third kappa shape index (κ3) is 3.36. The molecular formula is C17H18N6O. The Bertz CT molecular complexity index is 759. The smallest absolute Gasteiger partial charge is 0.304 e. The number of hydrazine groups is 1. The van der Waals surface area contributed by atoms with Crippen molar-refractivity contribution in [1.82, 2.24) is 10.7 Å². The number of hydrogen-bond acceptors (Lipinski definition) is 6. The van der Waals surface area contributed by atoms with E-state index in [2.05, 4.69) is 26.4 Å². The van der Waals surface area contributed by atoms with Gasteiger partial charge in [-0.25, -0.2) is 10.8 Å². The van der Waals surface area contributed by atoms with Crippen LogP contribution in [0.3, 0.4) is 0 Å². The molecule has 0 saturated heterocycles. The van der Waals surface area contributed by atoms with Crippen molar-refractivity contribution < 1.29 is 4.79 Å². The van der Waals surface area contributed by atoms with E-state index in [4.69, 9.17) is 5.84 Å². The molecule has 1 aliphatic heterocycles. The lowest BCUT2D eigenvalue weighted by molar-refractivity contribution is -0.126. The molecule has 0 aromatic heterocycles. The van der Waals surface area contributed by atoms with Gasteiger partial charge in [0, 0.05) is 17.6 Å². The minimum Gasteiger partial charge on any atom is -0.342 e. The number of anilines is 2. The molecule has 0 bridgehead atoms. The lowest BCUT2D eigenvalue weighted by Crippen LogP contribution is -2.62. The summed E-state index contributed by atoms with van der Waals surface area (Å²) >= 11 is 0. The fourth-order valence-corrected chi connectivity index (χ4v) is 2.30. The monoisotopic (exact) mass is 322 g/mol. The van der Waals surface area contributed by atoms with E-state index in [1.807, 2.05) is 60.7 Å². The molecule has 0 radical (unpaired) electrons. The van der Waals surface area contributed by atoms with Crippen LogP contribution >= 0.6 is 0 Å². The van der Waals surface area contributed by atoms with E-state index in [1.165, 1.54) is 0 Å². The van der Waals surface area contributed by atoms with Gasteiger partial charge in [0.25, 0.3) is 5.79 Å². The molecule has 6 N–H and O–H groups in total. The van der Waals surface area contributed by atoms with E-state index < -0.39 is 11.7 Å². The lowest BCUT2D eigenvalue weighted by Gasteiger charge is -2.32. The molecule has 0 aliphatic carbocycles. The highest BCUT2D eigenvalue weighted by atomic mass is 16.2. The van der Waals surface area contributed by atoms with E-state index in [1.54, 1.807) is 12.3 Å². The van der Waals surface area contributed by atoms with Crippen molar-refractivity contribution in [2.24, 2.45) is 10.8 Å². The van der Waals surface area contributed by atoms with E-state index >= 15 is 0 Å². The molecule has 1 atom stereocenters. The van der Waals surface area contributed by atoms with Gasteiger partial charge in [-0.15, -0.1) is 0 Å². The van der Waals surface area contributed by atoms with Gasteiger partial charge in [0.2, 0.25) is 0 Å². The number of amides is 1. The molecule has 3 rings (SSSR count). The number of benzene rings is 2. The summed E-state index contributed by atoms with van der Waals surface area (Å²) < 4.78 is 0. The van der Waals surface area contributed by atoms with Crippen molar-refractivity contribution in [3.63, 3.8) is 0 Å². The van der Waals surface area contributed by atoms with Crippen LogP contribution < -0.4 is 27.2 Å². The number of carbonyl (C=O) groups excluding carboxylic acids is 1. The van der Waals surface area contributed by atoms with Crippen molar-refractivity contribution >= 4 is 23.1 Å². The third-order valence-corrected chi connectivity index (χ3v) is 3.43. The largest absolute Gasteiger partial charge is 0.342 e. The van der Waals surface area contributed by atoms with Crippen LogP contribution in [0.25, 0.3) is 0 Å². The summed E-state index contributed by atoms with van der Waals surface area (Å²) in [6.45, 7) is 0. The number of hydrogen-bond donors (Lipinski definition) is 5. The van der Waals surface area contributed by atoms with Gasteiger partial charge in [-0.1, -0.05) is 36.4 Å². The van der Waals surface area contributed by atoms with Crippen LogP contribution in [-0.2, 0) is 4.79 Å². The van der Waals surface area contributed by atoms with E-state index in [0.717, 1.165) is 11.4 Å². The maximum atomic E-state index is 12.4. The van der Waals surface area contributed by atoms with Gasteiger partial charge < -0.3 is 16.0 Å². The van der Waals surface area contributed by atoms with Crippen molar-refractivity contribution in [3.8, 4) is 0 Å². The van der Waals surface area contributed by atoms with Gasteiger partial charge in [-0.3, -0.25) is 10.2 Å². The molecule has 1 unspecified atom stereocenters. The second kappa shape index (κ2) is 6.84. The van der Waals surface area contributed by atoms with Gasteiger partial charge in [-0.2, -0.15) is 0 Å². The van der Waals surface area contributed by atoms with Crippen molar-refractivity contribution in [2.45, 2.75) is 5.79 Å². The summed E-state index contributed by atoms with van der Waals surface area (Å²) in [6, 6.07) is 18.9. The van der Waals surface area contributed by atoms with E-state index in [0.29, 0.717) is 5.84 Å². The van der Waals surface area contributed by atoms with Gasteiger partial charge in [-0.05, 0) is 30.3 Å². The lowest BCUT2D eigenvalue weighted by atomic mass is 10.2. The summed E-state index contributed by atoms with van der Waals surface area (Å²) in [5, 5.41) is 9.18. The Morgan fingerprint density at radius 3 is 2.25 bits per heavy atom.